The fraction of sp³-hybridized carbons (Fsp3) is 0.500. The van der Waals surface area contributed by atoms with E-state index < -0.39 is 12.2 Å². The average Bonchev–Trinajstić information content (AvgIpc) is 2.82. The zero-order chi connectivity index (χ0) is 14.7. The van der Waals surface area contributed by atoms with Crippen molar-refractivity contribution in [2.75, 3.05) is 13.2 Å². The number of nitrogens with one attached hydrogen (secondary N) is 1. The third kappa shape index (κ3) is 3.44. The van der Waals surface area contributed by atoms with Gasteiger partial charge >= 0.3 is 0 Å². The molecule has 1 aromatic carbocycles. The topological polar surface area (TPSA) is 58.6 Å². The van der Waals surface area contributed by atoms with Crippen LogP contribution in [-0.4, -0.2) is 30.3 Å². The van der Waals surface area contributed by atoms with Gasteiger partial charge in [-0.3, -0.25) is 4.79 Å². The van der Waals surface area contributed by atoms with Crippen LogP contribution in [0.5, 0.6) is 0 Å². The van der Waals surface area contributed by atoms with Crippen molar-refractivity contribution in [3.8, 4) is 0 Å². The van der Waals surface area contributed by atoms with E-state index in [0.717, 1.165) is 6.42 Å². The number of halogens is 2. The van der Waals surface area contributed by atoms with Crippen LogP contribution in [0.3, 0.4) is 0 Å². The molecular weight excluding hydrogens is 301 g/mol. The smallest absolute Gasteiger partial charge is 0.249 e. The number of ether oxygens (including phenoxy) is 1. The molecule has 20 heavy (non-hydrogen) atoms. The Labute approximate surface area is 128 Å². The monoisotopic (exact) mass is 317 g/mol. The third-order valence-corrected chi connectivity index (χ3v) is 4.11. The Balaban J connectivity index is 1.95. The molecule has 1 saturated heterocycles. The van der Waals surface area contributed by atoms with Crippen molar-refractivity contribution in [1.82, 2.24) is 5.32 Å². The molecule has 0 aromatic heterocycles. The van der Waals surface area contributed by atoms with Gasteiger partial charge in [0.25, 0.3) is 0 Å². The van der Waals surface area contributed by atoms with Gasteiger partial charge in [0.15, 0.2) is 0 Å². The first-order valence-corrected chi connectivity index (χ1v) is 7.27. The van der Waals surface area contributed by atoms with Gasteiger partial charge in [-0.25, -0.2) is 0 Å². The van der Waals surface area contributed by atoms with Crippen molar-refractivity contribution in [3.63, 3.8) is 0 Å². The molecule has 110 valence electrons. The van der Waals surface area contributed by atoms with Gasteiger partial charge in [0.05, 0.1) is 6.10 Å². The quantitative estimate of drug-likeness (QED) is 0.897. The first-order valence-electron chi connectivity index (χ1n) is 6.52. The van der Waals surface area contributed by atoms with Crippen LogP contribution in [-0.2, 0) is 9.53 Å². The summed E-state index contributed by atoms with van der Waals surface area (Å²) in [4.78, 5) is 11.9. The van der Waals surface area contributed by atoms with E-state index in [1.807, 2.05) is 6.92 Å². The van der Waals surface area contributed by atoms with Crippen LogP contribution in [0.25, 0.3) is 0 Å². The molecule has 1 aliphatic heterocycles. The molecule has 2 N–H and O–H groups in total. The molecule has 0 radical (unpaired) electrons. The molecule has 3 atom stereocenters. The van der Waals surface area contributed by atoms with Crippen LogP contribution in [0.2, 0.25) is 10.0 Å². The maximum Gasteiger partial charge on any atom is 0.249 e. The van der Waals surface area contributed by atoms with Gasteiger partial charge in [0.1, 0.15) is 6.10 Å². The number of hydrogen-bond acceptors (Lipinski definition) is 3. The van der Waals surface area contributed by atoms with Crippen molar-refractivity contribution in [2.45, 2.75) is 25.6 Å². The summed E-state index contributed by atoms with van der Waals surface area (Å²) in [5, 5.41) is 13.6. The molecule has 0 bridgehead atoms. The summed E-state index contributed by atoms with van der Waals surface area (Å²) >= 11 is 12.0. The number of amides is 1. The van der Waals surface area contributed by atoms with E-state index in [1.165, 1.54) is 0 Å². The third-order valence-electron chi connectivity index (χ3n) is 3.45. The second-order valence-electron chi connectivity index (χ2n) is 4.95. The number of carbonyl (C=O) groups excluding carboxylic acids is 1. The van der Waals surface area contributed by atoms with Gasteiger partial charge in [-0.05, 0) is 24.5 Å². The van der Waals surface area contributed by atoms with Crippen LogP contribution in [0.1, 0.15) is 25.0 Å². The molecule has 6 heteroatoms. The van der Waals surface area contributed by atoms with E-state index in [1.54, 1.807) is 18.2 Å². The molecule has 1 aromatic rings. The lowest BCUT2D eigenvalue weighted by atomic mass is 10.0. The molecule has 0 saturated carbocycles. The number of aliphatic hydroxyl groups excluding tert-OH is 1. The highest BCUT2D eigenvalue weighted by atomic mass is 35.5. The standard InChI is InChI=1S/C14H17Cl2NO3/c1-8-5-6-20-13(8)14(19)17-7-11(18)12-9(15)3-2-4-10(12)16/h2-4,8,11,13,18H,5-7H2,1H3,(H,17,19). The van der Waals surface area contributed by atoms with Crippen molar-refractivity contribution >= 4 is 29.1 Å². The van der Waals surface area contributed by atoms with Crippen LogP contribution >= 0.6 is 23.2 Å². The number of carbonyl (C=O) groups is 1. The Bertz CT molecular complexity index is 475. The summed E-state index contributed by atoms with van der Waals surface area (Å²) in [6.45, 7) is 2.62. The second kappa shape index (κ2) is 6.76. The number of aliphatic hydroxyl groups is 1. The van der Waals surface area contributed by atoms with Gasteiger partial charge in [-0.2, -0.15) is 0 Å². The molecule has 0 aliphatic carbocycles. The van der Waals surface area contributed by atoms with Crippen LogP contribution in [0.15, 0.2) is 18.2 Å². The summed E-state index contributed by atoms with van der Waals surface area (Å²) in [5.41, 5.74) is 0.427. The second-order valence-corrected chi connectivity index (χ2v) is 5.77. The minimum Gasteiger partial charge on any atom is -0.386 e. The largest absolute Gasteiger partial charge is 0.386 e. The molecule has 1 aliphatic rings. The molecule has 4 nitrogen and oxygen atoms in total. The summed E-state index contributed by atoms with van der Waals surface area (Å²) in [6, 6.07) is 5.00. The minimum atomic E-state index is -0.947. The van der Waals surface area contributed by atoms with E-state index in [-0.39, 0.29) is 18.4 Å². The molecule has 3 unspecified atom stereocenters. The van der Waals surface area contributed by atoms with Crippen LogP contribution in [0.4, 0.5) is 0 Å². The van der Waals surface area contributed by atoms with E-state index >= 15 is 0 Å². The first kappa shape index (κ1) is 15.6. The lowest BCUT2D eigenvalue weighted by molar-refractivity contribution is -0.131. The summed E-state index contributed by atoms with van der Waals surface area (Å²) in [6.07, 6.45) is -0.516. The van der Waals surface area contributed by atoms with Crippen molar-refractivity contribution < 1.29 is 14.6 Å². The summed E-state index contributed by atoms with van der Waals surface area (Å²) < 4.78 is 5.37. The summed E-state index contributed by atoms with van der Waals surface area (Å²) in [7, 11) is 0. The zero-order valence-corrected chi connectivity index (χ0v) is 12.6. The Morgan fingerprint density at radius 2 is 2.15 bits per heavy atom. The lowest BCUT2D eigenvalue weighted by Crippen LogP contribution is -2.39. The predicted molar refractivity (Wildman–Crippen MR) is 78.0 cm³/mol. The maximum absolute atomic E-state index is 11.9. The van der Waals surface area contributed by atoms with E-state index in [4.69, 9.17) is 27.9 Å². The van der Waals surface area contributed by atoms with Crippen molar-refractivity contribution in [3.05, 3.63) is 33.8 Å². The lowest BCUT2D eigenvalue weighted by Gasteiger charge is -2.18. The normalized spacial score (nSPS) is 23.6. The Morgan fingerprint density at radius 3 is 2.70 bits per heavy atom. The fourth-order valence-corrected chi connectivity index (χ4v) is 2.91. The molecule has 1 heterocycles. The fourth-order valence-electron chi connectivity index (χ4n) is 2.26. The highest BCUT2D eigenvalue weighted by Crippen LogP contribution is 2.30. The zero-order valence-electron chi connectivity index (χ0n) is 11.1. The molecule has 1 fully saturated rings. The number of rotatable bonds is 4. The number of hydrogen-bond donors (Lipinski definition) is 2. The van der Waals surface area contributed by atoms with Crippen molar-refractivity contribution in [2.24, 2.45) is 5.92 Å². The van der Waals surface area contributed by atoms with Gasteiger partial charge < -0.3 is 15.2 Å². The van der Waals surface area contributed by atoms with E-state index in [0.29, 0.717) is 22.2 Å². The average molecular weight is 318 g/mol. The van der Waals surface area contributed by atoms with Crippen molar-refractivity contribution in [1.29, 1.82) is 0 Å². The predicted octanol–water partition coefficient (Wildman–Crippen LogP) is 2.57. The van der Waals surface area contributed by atoms with Gasteiger partial charge in [-0.1, -0.05) is 36.2 Å². The van der Waals surface area contributed by atoms with E-state index in [2.05, 4.69) is 5.32 Å². The Morgan fingerprint density at radius 1 is 1.50 bits per heavy atom. The van der Waals surface area contributed by atoms with Gasteiger partial charge in [-0.15, -0.1) is 0 Å². The highest BCUT2D eigenvalue weighted by Gasteiger charge is 2.31. The maximum atomic E-state index is 11.9. The molecule has 0 spiro atoms. The minimum absolute atomic E-state index is 0.0505. The molecular formula is C14H17Cl2NO3. The highest BCUT2D eigenvalue weighted by molar-refractivity contribution is 6.36. The first-order chi connectivity index (χ1) is 9.50. The van der Waals surface area contributed by atoms with E-state index in [9.17, 15) is 9.90 Å². The van der Waals surface area contributed by atoms with Crippen LogP contribution in [0, 0.1) is 5.92 Å². The SMILES string of the molecule is CC1CCOC1C(=O)NCC(O)c1c(Cl)cccc1Cl. The van der Waals surface area contributed by atoms with Gasteiger partial charge in [0.2, 0.25) is 5.91 Å². The molecule has 1 amide bonds. The molecule has 2 rings (SSSR count). The Hall–Kier alpha value is -0.810. The number of benzene rings is 1. The summed E-state index contributed by atoms with van der Waals surface area (Å²) in [5.74, 6) is -0.0201. The van der Waals surface area contributed by atoms with Crippen LogP contribution < -0.4 is 5.32 Å². The van der Waals surface area contributed by atoms with Gasteiger partial charge in [0, 0.05) is 28.8 Å². The Kier molecular flexibility index (Phi) is 5.27.